The summed E-state index contributed by atoms with van der Waals surface area (Å²) in [5, 5.41) is 20.8. The first kappa shape index (κ1) is 29.1. The number of nitrogen functional groups attached to an aromatic ring is 1. The van der Waals surface area contributed by atoms with Crippen molar-refractivity contribution in [3.05, 3.63) is 12.7 Å². The van der Waals surface area contributed by atoms with Crippen LogP contribution in [0.1, 0.15) is 6.23 Å². The Morgan fingerprint density at radius 2 is 1.78 bits per heavy atom. The number of rotatable bonds is 10. The summed E-state index contributed by atoms with van der Waals surface area (Å²) in [6, 6.07) is 0. The van der Waals surface area contributed by atoms with Crippen molar-refractivity contribution in [1.29, 1.82) is 0 Å². The number of halogens is 1. The van der Waals surface area contributed by atoms with Gasteiger partial charge in [-0.25, -0.2) is 42.3 Å². The molecule has 0 aliphatic carbocycles. The average molecular weight is 634 g/mol. The number of phosphoric acid groups is 4. The molecule has 0 saturated carbocycles. The SMILES string of the molecule is Nc1ncnc2c1ncn2[C@@H]1O[C@H](COP(=O)(OP(=O)(O)OP(=O)(O)O)OP2(=O)OC(Cl)O2)[C@@H](O)[C@H]1O. The molecule has 26 heteroatoms. The quantitative estimate of drug-likeness (QED) is 0.149. The van der Waals surface area contributed by atoms with Crippen LogP contribution in [0.4, 0.5) is 5.82 Å². The number of anilines is 1. The fourth-order valence-electron chi connectivity index (χ4n) is 3.03. The third kappa shape index (κ3) is 6.63. The van der Waals surface area contributed by atoms with Crippen LogP contribution in [0.5, 0.6) is 0 Å². The third-order valence-electron chi connectivity index (χ3n) is 4.43. The largest absolute Gasteiger partial charge is 0.492 e. The molecule has 2 aliphatic rings. The molecule has 0 bridgehead atoms. The molecule has 2 aliphatic heterocycles. The van der Waals surface area contributed by atoms with Crippen molar-refractivity contribution in [2.75, 3.05) is 12.3 Å². The van der Waals surface area contributed by atoms with Crippen molar-refractivity contribution in [2.24, 2.45) is 0 Å². The van der Waals surface area contributed by atoms with E-state index in [-0.39, 0.29) is 17.0 Å². The summed E-state index contributed by atoms with van der Waals surface area (Å²) in [6.45, 7) is -1.07. The Labute approximate surface area is 209 Å². The Morgan fingerprint density at radius 3 is 2.41 bits per heavy atom. The maximum atomic E-state index is 12.9. The number of ether oxygens (including phenoxy) is 1. The van der Waals surface area contributed by atoms with Crippen LogP contribution in [-0.4, -0.2) is 75.1 Å². The third-order valence-corrected chi connectivity index (χ3v) is 11.1. The van der Waals surface area contributed by atoms with Gasteiger partial charge in [0.1, 0.15) is 30.2 Å². The lowest BCUT2D eigenvalue weighted by Crippen LogP contribution is -2.33. The second-order valence-electron chi connectivity index (χ2n) is 7.01. The van der Waals surface area contributed by atoms with Crippen LogP contribution in [0.3, 0.4) is 0 Å². The lowest BCUT2D eigenvalue weighted by molar-refractivity contribution is -0.0660. The van der Waals surface area contributed by atoms with Gasteiger partial charge in [0.05, 0.1) is 12.9 Å². The van der Waals surface area contributed by atoms with Gasteiger partial charge in [0.15, 0.2) is 17.7 Å². The van der Waals surface area contributed by atoms with Gasteiger partial charge in [0.25, 0.3) is 5.75 Å². The number of alkyl halides is 1. The van der Waals surface area contributed by atoms with Crippen molar-refractivity contribution in [2.45, 2.75) is 30.3 Å². The number of aliphatic hydroxyl groups is 2. The fraction of sp³-hybridized carbons (Fsp3) is 0.545. The van der Waals surface area contributed by atoms with Crippen molar-refractivity contribution < 1.29 is 74.4 Å². The molecule has 0 amide bonds. The number of hydrogen-bond acceptors (Lipinski definition) is 17. The highest BCUT2D eigenvalue weighted by Gasteiger charge is 2.55. The molecule has 0 spiro atoms. The lowest BCUT2D eigenvalue weighted by Gasteiger charge is -2.31. The van der Waals surface area contributed by atoms with E-state index in [0.29, 0.717) is 0 Å². The lowest BCUT2D eigenvalue weighted by atomic mass is 10.1. The summed E-state index contributed by atoms with van der Waals surface area (Å²) in [6.07, 6.45) is -4.15. The van der Waals surface area contributed by atoms with Crippen molar-refractivity contribution in [1.82, 2.24) is 19.5 Å². The van der Waals surface area contributed by atoms with Gasteiger partial charge < -0.3 is 35.4 Å². The molecular weight excluding hydrogens is 617 g/mol. The maximum absolute atomic E-state index is 12.9. The standard InChI is InChI=1S/C11H16ClN5O16P4/c12-11-29-37(26,30-11)33-36(25,32-35(23,24)31-34(20,21)22)27-1-4-6(18)7(19)10(28-4)17-3-16-5-8(13)14-2-15-9(5)17/h2-4,6-7,10-11,18-19H,1H2,(H,23,24)(H2,13,14,15)(H2,20,21,22)/t4-,6-,7-,10-,11?,36?,37?/m1/s1. The second-order valence-corrected chi connectivity index (χ2v) is 13.7. The molecule has 2 unspecified atom stereocenters. The van der Waals surface area contributed by atoms with E-state index in [0.717, 1.165) is 12.7 Å². The van der Waals surface area contributed by atoms with E-state index < -0.39 is 68.2 Å². The van der Waals surface area contributed by atoms with Crippen molar-refractivity contribution in [3.63, 3.8) is 0 Å². The molecule has 21 nitrogen and oxygen atoms in total. The molecule has 7 N–H and O–H groups in total. The highest BCUT2D eigenvalue weighted by atomic mass is 35.5. The topological polar surface area (TPSA) is 304 Å². The van der Waals surface area contributed by atoms with Gasteiger partial charge in [-0.2, -0.15) is 12.9 Å². The number of nitrogens with two attached hydrogens (primary N) is 1. The molecule has 4 rings (SSSR count). The Hall–Kier alpha value is -0.920. The van der Waals surface area contributed by atoms with Crippen LogP contribution >= 0.6 is 42.9 Å². The summed E-state index contributed by atoms with van der Waals surface area (Å²) in [4.78, 5) is 38.7. The molecule has 2 aromatic rings. The van der Waals surface area contributed by atoms with Gasteiger partial charge in [0.2, 0.25) is 0 Å². The summed E-state index contributed by atoms with van der Waals surface area (Å²) < 4.78 is 80.1. The molecule has 0 radical (unpaired) electrons. The predicted molar refractivity (Wildman–Crippen MR) is 114 cm³/mol. The van der Waals surface area contributed by atoms with Crippen LogP contribution in [0.15, 0.2) is 12.7 Å². The molecule has 2 aromatic heterocycles. The normalized spacial score (nSPS) is 33.6. The highest BCUT2D eigenvalue weighted by molar-refractivity contribution is 7.70. The van der Waals surface area contributed by atoms with Crippen LogP contribution in [0.2, 0.25) is 0 Å². The summed E-state index contributed by atoms with van der Waals surface area (Å²) in [7, 11) is -22.1. The van der Waals surface area contributed by atoms with Crippen LogP contribution in [0, 0.1) is 0 Å². The van der Waals surface area contributed by atoms with Crippen molar-refractivity contribution in [3.8, 4) is 0 Å². The Morgan fingerprint density at radius 1 is 1.11 bits per heavy atom. The zero-order valence-electron chi connectivity index (χ0n) is 17.5. The first-order chi connectivity index (χ1) is 17.0. The molecular formula is C11H16ClN5O16P4. The maximum Gasteiger partial charge on any atom is 0.492 e. The van der Waals surface area contributed by atoms with Gasteiger partial charge in [0, 0.05) is 0 Å². The average Bonchev–Trinajstić information content (AvgIpc) is 3.25. The van der Waals surface area contributed by atoms with Crippen molar-refractivity contribution >= 4 is 59.9 Å². The van der Waals surface area contributed by atoms with Crippen LogP contribution in [-0.2, 0) is 49.5 Å². The fourth-order valence-corrected chi connectivity index (χ4v) is 8.89. The monoisotopic (exact) mass is 633 g/mol. The first-order valence-corrected chi connectivity index (χ1v) is 15.7. The second kappa shape index (κ2) is 10.2. The first-order valence-electron chi connectivity index (χ1n) is 9.32. The Bertz CT molecular complexity index is 1360. The summed E-state index contributed by atoms with van der Waals surface area (Å²) in [5.74, 6) is -1.63. The minimum atomic E-state index is -5.93. The smallest absolute Gasteiger partial charge is 0.387 e. The van der Waals surface area contributed by atoms with E-state index in [1.807, 2.05) is 0 Å². The van der Waals surface area contributed by atoms with E-state index in [1.165, 1.54) is 4.57 Å². The molecule has 37 heavy (non-hydrogen) atoms. The number of aliphatic hydroxyl groups excluding tert-OH is 2. The van der Waals surface area contributed by atoms with E-state index in [2.05, 4.69) is 36.9 Å². The van der Waals surface area contributed by atoms with Crippen LogP contribution in [0.25, 0.3) is 11.2 Å². The number of phosphoric ester groups is 1. The predicted octanol–water partition coefficient (Wildman–Crippen LogP) is 0.0726. The molecule has 4 heterocycles. The minimum absolute atomic E-state index is 0.00681. The van der Waals surface area contributed by atoms with E-state index >= 15 is 0 Å². The van der Waals surface area contributed by atoms with Gasteiger partial charge in [-0.1, -0.05) is 11.6 Å². The molecule has 6 atom stereocenters. The highest BCUT2D eigenvalue weighted by Crippen LogP contribution is 2.76. The number of aromatic nitrogens is 4. The van der Waals surface area contributed by atoms with Gasteiger partial charge in [-0.3, -0.25) is 9.09 Å². The van der Waals surface area contributed by atoms with E-state index in [1.54, 1.807) is 0 Å². The Balaban J connectivity index is 1.52. The molecule has 2 saturated heterocycles. The zero-order valence-corrected chi connectivity index (χ0v) is 21.8. The Kier molecular flexibility index (Phi) is 8.05. The number of hydrogen-bond donors (Lipinski definition) is 6. The minimum Gasteiger partial charge on any atom is -0.387 e. The zero-order chi connectivity index (χ0) is 27.4. The summed E-state index contributed by atoms with van der Waals surface area (Å²) in [5.41, 5.74) is 5.95. The molecule has 208 valence electrons. The van der Waals surface area contributed by atoms with Gasteiger partial charge in [-0.15, -0.1) is 0 Å². The van der Waals surface area contributed by atoms with E-state index in [4.69, 9.17) is 36.4 Å². The van der Waals surface area contributed by atoms with Crippen LogP contribution < -0.4 is 5.73 Å². The molecule has 2 fully saturated rings. The van der Waals surface area contributed by atoms with E-state index in [9.17, 15) is 33.4 Å². The summed E-state index contributed by atoms with van der Waals surface area (Å²) >= 11 is 5.31. The number of nitrogens with zero attached hydrogens (tertiary/aromatic N) is 4. The number of imidazole rings is 1. The number of fused-ring (bicyclic) bond motifs is 1. The van der Waals surface area contributed by atoms with Gasteiger partial charge in [-0.05, 0) is 0 Å². The molecule has 0 aromatic carbocycles. The van der Waals surface area contributed by atoms with Gasteiger partial charge >= 0.3 is 31.3 Å².